The van der Waals surface area contributed by atoms with Crippen LogP contribution in [0.4, 0.5) is 5.69 Å². The van der Waals surface area contributed by atoms with Gasteiger partial charge in [-0.1, -0.05) is 0 Å². The minimum atomic E-state index is -3.86. The molecule has 29 heavy (non-hydrogen) atoms. The zero-order valence-electron chi connectivity index (χ0n) is 15.6. The Morgan fingerprint density at radius 1 is 1.17 bits per heavy atom. The van der Waals surface area contributed by atoms with Gasteiger partial charge in [0.15, 0.2) is 0 Å². The van der Waals surface area contributed by atoms with E-state index in [2.05, 4.69) is 15.5 Å². The van der Waals surface area contributed by atoms with Crippen molar-refractivity contribution in [2.45, 2.75) is 4.21 Å². The Balaban J connectivity index is 1.69. The first kappa shape index (κ1) is 20.7. The Labute approximate surface area is 171 Å². The first-order chi connectivity index (χ1) is 13.8. The molecule has 0 spiro atoms. The summed E-state index contributed by atoms with van der Waals surface area (Å²) in [6.45, 7) is -0.349. The van der Waals surface area contributed by atoms with Gasteiger partial charge in [-0.2, -0.15) is 9.40 Å². The largest absolute Gasteiger partial charge is 0.497 e. The number of amides is 1. The van der Waals surface area contributed by atoms with Gasteiger partial charge >= 0.3 is 0 Å². The molecule has 152 valence electrons. The molecule has 0 bridgehead atoms. The number of sulfonamides is 1. The summed E-state index contributed by atoms with van der Waals surface area (Å²) in [5.41, 5.74) is 0.640. The van der Waals surface area contributed by atoms with Crippen molar-refractivity contribution in [3.05, 3.63) is 58.9 Å². The van der Waals surface area contributed by atoms with E-state index in [1.807, 2.05) is 0 Å². The maximum Gasteiger partial charge on any atom is 0.264 e. The molecule has 0 fully saturated rings. The quantitative estimate of drug-likeness (QED) is 0.584. The molecule has 1 amide bonds. The van der Waals surface area contributed by atoms with Crippen LogP contribution >= 0.6 is 11.3 Å². The molecular formula is C18H18N4O5S2. The van der Waals surface area contributed by atoms with Gasteiger partial charge in [-0.25, -0.2) is 13.5 Å². The average molecular weight is 434 g/mol. The summed E-state index contributed by atoms with van der Waals surface area (Å²) in [6.07, 6.45) is 0. The third kappa shape index (κ3) is 4.88. The molecule has 0 aliphatic heterocycles. The molecule has 2 aromatic heterocycles. The normalized spacial score (nSPS) is 11.4. The van der Waals surface area contributed by atoms with Crippen molar-refractivity contribution < 1.29 is 17.9 Å². The maximum absolute atomic E-state index is 12.8. The van der Waals surface area contributed by atoms with Crippen LogP contribution in [-0.4, -0.2) is 49.5 Å². The van der Waals surface area contributed by atoms with Crippen LogP contribution in [-0.2, 0) is 14.8 Å². The molecule has 2 heterocycles. The lowest BCUT2D eigenvalue weighted by atomic mass is 10.3. The Bertz CT molecular complexity index is 1150. The van der Waals surface area contributed by atoms with E-state index < -0.39 is 15.9 Å². The highest BCUT2D eigenvalue weighted by Crippen LogP contribution is 2.30. The SMILES string of the molecule is COc1ccc(NC(=O)CN(C)S(=O)(=O)c2ccc(-c3ccc(=O)[nH]n3)s2)cc1. The predicted octanol–water partition coefficient (Wildman–Crippen LogP) is 1.77. The zero-order chi connectivity index (χ0) is 21.0. The van der Waals surface area contributed by atoms with Gasteiger partial charge < -0.3 is 10.1 Å². The van der Waals surface area contributed by atoms with Crippen molar-refractivity contribution in [3.63, 3.8) is 0 Å². The summed E-state index contributed by atoms with van der Waals surface area (Å²) in [4.78, 5) is 23.9. The molecule has 0 aliphatic rings. The average Bonchev–Trinajstić information content (AvgIpc) is 3.20. The first-order valence-corrected chi connectivity index (χ1v) is 10.6. The lowest BCUT2D eigenvalue weighted by Gasteiger charge is -2.15. The molecule has 2 N–H and O–H groups in total. The topological polar surface area (TPSA) is 121 Å². The molecule has 0 radical (unpaired) electrons. The number of nitrogens with one attached hydrogen (secondary N) is 2. The van der Waals surface area contributed by atoms with Gasteiger partial charge in [0.2, 0.25) is 5.91 Å². The second-order valence-electron chi connectivity index (χ2n) is 5.96. The van der Waals surface area contributed by atoms with E-state index in [9.17, 15) is 18.0 Å². The molecule has 0 saturated heterocycles. The second-order valence-corrected chi connectivity index (χ2v) is 9.32. The van der Waals surface area contributed by atoms with Crippen molar-refractivity contribution in [1.29, 1.82) is 0 Å². The summed E-state index contributed by atoms with van der Waals surface area (Å²) in [5.74, 6) is 0.175. The van der Waals surface area contributed by atoms with Crippen LogP contribution in [0.5, 0.6) is 5.75 Å². The lowest BCUT2D eigenvalue weighted by Crippen LogP contribution is -2.34. The monoisotopic (exact) mass is 434 g/mol. The fraction of sp³-hybridized carbons (Fsp3) is 0.167. The summed E-state index contributed by atoms with van der Waals surface area (Å²) in [7, 11) is -0.989. The summed E-state index contributed by atoms with van der Waals surface area (Å²) in [6, 6.07) is 12.6. The van der Waals surface area contributed by atoms with E-state index in [4.69, 9.17) is 4.74 Å². The highest BCUT2D eigenvalue weighted by molar-refractivity contribution is 7.91. The molecule has 1 aromatic carbocycles. The number of anilines is 1. The van der Waals surface area contributed by atoms with Crippen molar-refractivity contribution in [2.24, 2.45) is 0 Å². The number of nitrogens with zero attached hydrogens (tertiary/aromatic N) is 2. The number of carbonyl (C=O) groups excluding carboxylic acids is 1. The smallest absolute Gasteiger partial charge is 0.264 e. The number of aromatic nitrogens is 2. The summed E-state index contributed by atoms with van der Waals surface area (Å²) < 4.78 is 31.6. The molecule has 3 aromatic rings. The zero-order valence-corrected chi connectivity index (χ0v) is 17.2. The highest BCUT2D eigenvalue weighted by Gasteiger charge is 2.25. The van der Waals surface area contributed by atoms with Crippen LogP contribution in [0.3, 0.4) is 0 Å². The number of rotatable bonds is 7. The number of hydrogen-bond donors (Lipinski definition) is 2. The van der Waals surface area contributed by atoms with Gasteiger partial charge in [0.05, 0.1) is 18.5 Å². The number of aromatic amines is 1. The summed E-state index contributed by atoms with van der Waals surface area (Å²) in [5, 5.41) is 8.84. The molecule has 0 unspecified atom stereocenters. The van der Waals surface area contributed by atoms with Crippen LogP contribution in [0.2, 0.25) is 0 Å². The Kier molecular flexibility index (Phi) is 6.11. The third-order valence-electron chi connectivity index (χ3n) is 3.92. The Morgan fingerprint density at radius 2 is 1.90 bits per heavy atom. The fourth-order valence-electron chi connectivity index (χ4n) is 2.39. The molecule has 0 aliphatic carbocycles. The van der Waals surface area contributed by atoms with E-state index in [1.54, 1.807) is 30.3 Å². The van der Waals surface area contributed by atoms with Gasteiger partial charge in [-0.05, 0) is 42.5 Å². The van der Waals surface area contributed by atoms with E-state index in [0.29, 0.717) is 22.0 Å². The van der Waals surface area contributed by atoms with Crippen molar-refractivity contribution in [3.8, 4) is 16.3 Å². The molecule has 0 atom stereocenters. The maximum atomic E-state index is 12.8. The number of H-pyrrole nitrogens is 1. The first-order valence-electron chi connectivity index (χ1n) is 8.36. The number of thiophene rings is 1. The standard InChI is InChI=1S/C18H18N4O5S2/c1-22(11-17(24)19-12-3-5-13(27-2)6-4-12)29(25,26)18-10-8-15(28-18)14-7-9-16(23)21-20-14/h3-10H,11H2,1-2H3,(H,19,24)(H,21,23). The van der Waals surface area contributed by atoms with Crippen molar-refractivity contribution in [2.75, 3.05) is 26.0 Å². The van der Waals surface area contributed by atoms with Gasteiger partial charge in [0, 0.05) is 18.8 Å². The van der Waals surface area contributed by atoms with E-state index >= 15 is 0 Å². The van der Waals surface area contributed by atoms with Gasteiger partial charge in [0.25, 0.3) is 15.6 Å². The fourth-order valence-corrected chi connectivity index (χ4v) is 5.01. The molecule has 9 nitrogen and oxygen atoms in total. The molecule has 3 rings (SSSR count). The van der Waals surface area contributed by atoms with Crippen LogP contribution in [0.15, 0.2) is 57.5 Å². The Hall–Kier alpha value is -3.02. The number of methoxy groups -OCH3 is 1. The minimum Gasteiger partial charge on any atom is -0.497 e. The minimum absolute atomic E-state index is 0.0697. The third-order valence-corrected chi connectivity index (χ3v) is 7.30. The molecule has 0 saturated carbocycles. The van der Waals surface area contributed by atoms with Crippen LogP contribution in [0.25, 0.3) is 10.6 Å². The van der Waals surface area contributed by atoms with Crippen LogP contribution < -0.4 is 15.6 Å². The van der Waals surface area contributed by atoms with Crippen molar-refractivity contribution in [1.82, 2.24) is 14.5 Å². The number of likely N-dealkylation sites (N-methyl/N-ethyl adjacent to an activating group) is 1. The predicted molar refractivity (Wildman–Crippen MR) is 110 cm³/mol. The van der Waals surface area contributed by atoms with Gasteiger partial charge in [-0.3, -0.25) is 9.59 Å². The van der Waals surface area contributed by atoms with E-state index in [1.165, 1.54) is 32.4 Å². The molecular weight excluding hydrogens is 416 g/mol. The van der Waals surface area contributed by atoms with Crippen LogP contribution in [0, 0.1) is 0 Å². The van der Waals surface area contributed by atoms with Crippen molar-refractivity contribution >= 4 is 33.0 Å². The summed E-state index contributed by atoms with van der Waals surface area (Å²) >= 11 is 1.00. The number of benzene rings is 1. The van der Waals surface area contributed by atoms with Gasteiger partial charge in [0.1, 0.15) is 15.7 Å². The number of carbonyl (C=O) groups is 1. The molecule has 11 heteroatoms. The highest BCUT2D eigenvalue weighted by atomic mass is 32.2. The van der Waals surface area contributed by atoms with E-state index in [0.717, 1.165) is 15.6 Å². The lowest BCUT2D eigenvalue weighted by molar-refractivity contribution is -0.116. The Morgan fingerprint density at radius 3 is 2.52 bits per heavy atom. The number of hydrogen-bond acceptors (Lipinski definition) is 7. The second kappa shape index (κ2) is 8.55. The van der Waals surface area contributed by atoms with Gasteiger partial charge in [-0.15, -0.1) is 11.3 Å². The van der Waals surface area contributed by atoms with Crippen LogP contribution in [0.1, 0.15) is 0 Å². The van der Waals surface area contributed by atoms with E-state index in [-0.39, 0.29) is 16.3 Å². The number of ether oxygens (including phenoxy) is 1.